The normalized spacial score (nSPS) is 14.4. The minimum Gasteiger partial charge on any atom is -0.493 e. The van der Waals surface area contributed by atoms with Crippen molar-refractivity contribution in [1.29, 1.82) is 0 Å². The number of piperazine rings is 1. The molecule has 0 bridgehead atoms. The third-order valence-electron chi connectivity index (χ3n) is 6.70. The smallest absolute Gasteiger partial charge is 0.276 e. The Balaban J connectivity index is 1.18. The highest BCUT2D eigenvalue weighted by atomic mass is 79.9. The highest BCUT2D eigenvalue weighted by Gasteiger charge is 2.22. The van der Waals surface area contributed by atoms with E-state index < -0.39 is 11.8 Å². The number of rotatable bonds is 9. The second-order valence-corrected chi connectivity index (χ2v) is 10.5. The number of carbonyl (C=O) groups is 2. The molecule has 0 unspecified atom stereocenters. The van der Waals surface area contributed by atoms with Crippen molar-refractivity contribution in [2.45, 2.75) is 13.3 Å². The van der Waals surface area contributed by atoms with Gasteiger partial charge in [-0.05, 0) is 50.2 Å². The number of ether oxygens (including phenoxy) is 1. The van der Waals surface area contributed by atoms with Crippen molar-refractivity contribution in [2.24, 2.45) is 0 Å². The first kappa shape index (κ1) is 26.9. The van der Waals surface area contributed by atoms with Crippen molar-refractivity contribution in [3.63, 3.8) is 0 Å². The quantitative estimate of drug-likeness (QED) is 0.216. The SMILES string of the molecule is Cc1ccc(Br)cc1NC(=O)c1nc[nH]c1C(=O)Nc1nc2cc(OCCCN3CCN(C)CC3)ccc2[nH]1. The van der Waals surface area contributed by atoms with Crippen LogP contribution in [-0.4, -0.2) is 87.9 Å². The first-order valence-corrected chi connectivity index (χ1v) is 13.6. The van der Waals surface area contributed by atoms with Crippen molar-refractivity contribution in [1.82, 2.24) is 29.7 Å². The molecular formula is C27H31BrN8O3. The number of hydrogen-bond donors (Lipinski definition) is 4. The zero-order chi connectivity index (χ0) is 27.4. The minimum atomic E-state index is -0.539. The van der Waals surface area contributed by atoms with Gasteiger partial charge in [0.15, 0.2) is 5.69 Å². The highest BCUT2D eigenvalue weighted by molar-refractivity contribution is 9.10. The maximum atomic E-state index is 13.0. The number of anilines is 2. The zero-order valence-corrected chi connectivity index (χ0v) is 23.5. The van der Waals surface area contributed by atoms with Gasteiger partial charge in [-0.1, -0.05) is 22.0 Å². The van der Waals surface area contributed by atoms with E-state index in [2.05, 4.69) is 63.3 Å². The van der Waals surface area contributed by atoms with Gasteiger partial charge in [0.25, 0.3) is 11.8 Å². The van der Waals surface area contributed by atoms with E-state index in [1.54, 1.807) is 6.07 Å². The van der Waals surface area contributed by atoms with Gasteiger partial charge in [-0.25, -0.2) is 9.97 Å². The van der Waals surface area contributed by atoms with Crippen LogP contribution in [0.4, 0.5) is 11.6 Å². The third-order valence-corrected chi connectivity index (χ3v) is 7.19. The van der Waals surface area contributed by atoms with Gasteiger partial charge < -0.3 is 29.8 Å². The summed E-state index contributed by atoms with van der Waals surface area (Å²) < 4.78 is 6.77. The standard InChI is InChI=1S/C27H31BrN8O3/c1-17-4-5-18(28)14-21(17)31-25(37)23-24(30-16-29-23)26(38)34-27-32-20-7-6-19(15-22(20)33-27)39-13-3-8-36-11-9-35(2)10-12-36/h4-7,14-16H,3,8-13H2,1-2H3,(H,29,30)(H,31,37)(H2,32,33,34,38). The molecule has 0 aliphatic carbocycles. The number of imidazole rings is 2. The molecule has 0 saturated carbocycles. The predicted octanol–water partition coefficient (Wildman–Crippen LogP) is 3.88. The number of H-pyrrole nitrogens is 2. The molecule has 5 rings (SSSR count). The summed E-state index contributed by atoms with van der Waals surface area (Å²) in [7, 11) is 2.16. The molecule has 2 aromatic carbocycles. The molecule has 1 aliphatic rings. The van der Waals surface area contributed by atoms with Gasteiger partial charge in [0, 0.05) is 49.0 Å². The van der Waals surface area contributed by atoms with E-state index in [9.17, 15) is 9.59 Å². The van der Waals surface area contributed by atoms with E-state index in [-0.39, 0.29) is 17.3 Å². The lowest BCUT2D eigenvalue weighted by Gasteiger charge is -2.32. The number of aromatic amines is 2. The Morgan fingerprint density at radius 3 is 2.72 bits per heavy atom. The largest absolute Gasteiger partial charge is 0.493 e. The first-order valence-electron chi connectivity index (χ1n) is 12.8. The summed E-state index contributed by atoms with van der Waals surface area (Å²) in [5, 5.41) is 5.52. The number of aryl methyl sites for hydroxylation is 1. The molecule has 0 radical (unpaired) electrons. The molecule has 1 aliphatic heterocycles. The van der Waals surface area contributed by atoms with Crippen molar-refractivity contribution in [3.05, 3.63) is 64.1 Å². The molecule has 3 heterocycles. The van der Waals surface area contributed by atoms with E-state index in [0.717, 1.165) is 60.4 Å². The molecular weight excluding hydrogens is 564 g/mol. The Labute approximate surface area is 234 Å². The van der Waals surface area contributed by atoms with E-state index in [1.807, 2.05) is 37.3 Å². The van der Waals surface area contributed by atoms with Crippen molar-refractivity contribution in [3.8, 4) is 5.75 Å². The molecule has 2 amide bonds. The Bertz CT molecular complexity index is 1470. The number of fused-ring (bicyclic) bond motifs is 1. The molecule has 1 saturated heterocycles. The summed E-state index contributed by atoms with van der Waals surface area (Å²) in [6, 6.07) is 11.1. The van der Waals surface area contributed by atoms with E-state index in [4.69, 9.17) is 4.74 Å². The van der Waals surface area contributed by atoms with Gasteiger partial charge >= 0.3 is 0 Å². The van der Waals surface area contributed by atoms with Crippen LogP contribution in [0.15, 0.2) is 47.2 Å². The second-order valence-electron chi connectivity index (χ2n) is 9.60. The monoisotopic (exact) mass is 594 g/mol. The van der Waals surface area contributed by atoms with Crippen molar-refractivity contribution < 1.29 is 14.3 Å². The molecule has 39 heavy (non-hydrogen) atoms. The topological polar surface area (TPSA) is 131 Å². The summed E-state index contributed by atoms with van der Waals surface area (Å²) in [5.74, 6) is -0.0590. The van der Waals surface area contributed by atoms with Crippen LogP contribution in [0.3, 0.4) is 0 Å². The lowest BCUT2D eigenvalue weighted by atomic mass is 10.2. The van der Waals surface area contributed by atoms with Gasteiger partial charge in [0.2, 0.25) is 5.95 Å². The number of nitrogens with zero attached hydrogens (tertiary/aromatic N) is 4. The Kier molecular flexibility index (Phi) is 8.24. The number of carbonyl (C=O) groups excluding carboxylic acids is 2. The maximum absolute atomic E-state index is 13.0. The molecule has 0 spiro atoms. The number of likely N-dealkylation sites (N-methyl/N-ethyl adjacent to an activating group) is 1. The predicted molar refractivity (Wildman–Crippen MR) is 154 cm³/mol. The van der Waals surface area contributed by atoms with Crippen LogP contribution < -0.4 is 15.4 Å². The van der Waals surface area contributed by atoms with Gasteiger partial charge in [-0.3, -0.25) is 14.9 Å². The summed E-state index contributed by atoms with van der Waals surface area (Å²) in [4.78, 5) is 45.0. The average Bonchev–Trinajstić information content (AvgIpc) is 3.56. The molecule has 204 valence electrons. The van der Waals surface area contributed by atoms with Gasteiger partial charge in [-0.15, -0.1) is 0 Å². The average molecular weight is 596 g/mol. The fraction of sp³-hybridized carbons (Fsp3) is 0.333. The van der Waals surface area contributed by atoms with Crippen LogP contribution in [0.1, 0.15) is 33.0 Å². The number of hydrogen-bond acceptors (Lipinski definition) is 7. The van der Waals surface area contributed by atoms with Gasteiger partial charge in [0.05, 0.1) is 24.0 Å². The molecule has 11 nitrogen and oxygen atoms in total. The lowest BCUT2D eigenvalue weighted by molar-refractivity contribution is 0.0985. The molecule has 1 fully saturated rings. The maximum Gasteiger partial charge on any atom is 0.276 e. The van der Waals surface area contributed by atoms with Gasteiger partial charge in [-0.2, -0.15) is 0 Å². The minimum absolute atomic E-state index is 0.0183. The fourth-order valence-electron chi connectivity index (χ4n) is 4.40. The molecule has 4 aromatic rings. The Hall–Kier alpha value is -3.74. The van der Waals surface area contributed by atoms with Crippen LogP contribution in [-0.2, 0) is 0 Å². The van der Waals surface area contributed by atoms with Crippen molar-refractivity contribution >= 4 is 50.4 Å². The summed E-state index contributed by atoms with van der Waals surface area (Å²) in [6.07, 6.45) is 2.26. The van der Waals surface area contributed by atoms with E-state index in [1.165, 1.54) is 6.33 Å². The zero-order valence-electron chi connectivity index (χ0n) is 21.9. The van der Waals surface area contributed by atoms with Crippen LogP contribution in [0, 0.1) is 6.92 Å². The number of nitrogens with one attached hydrogen (secondary N) is 4. The van der Waals surface area contributed by atoms with Crippen LogP contribution in [0.2, 0.25) is 0 Å². The summed E-state index contributed by atoms with van der Waals surface area (Å²) in [5.41, 5.74) is 2.93. The first-order chi connectivity index (χ1) is 18.9. The Morgan fingerprint density at radius 1 is 1.08 bits per heavy atom. The van der Waals surface area contributed by atoms with E-state index in [0.29, 0.717) is 17.8 Å². The third kappa shape index (κ3) is 6.64. The number of benzene rings is 2. The number of aromatic nitrogens is 4. The lowest BCUT2D eigenvalue weighted by Crippen LogP contribution is -2.44. The molecule has 4 N–H and O–H groups in total. The fourth-order valence-corrected chi connectivity index (χ4v) is 4.77. The van der Waals surface area contributed by atoms with Crippen LogP contribution in [0.5, 0.6) is 5.75 Å². The molecule has 0 atom stereocenters. The number of halogens is 1. The summed E-state index contributed by atoms with van der Waals surface area (Å²) in [6.45, 7) is 7.93. The van der Waals surface area contributed by atoms with Crippen LogP contribution in [0.25, 0.3) is 11.0 Å². The number of amides is 2. The molecule has 2 aromatic heterocycles. The van der Waals surface area contributed by atoms with E-state index >= 15 is 0 Å². The van der Waals surface area contributed by atoms with Gasteiger partial charge in [0.1, 0.15) is 11.4 Å². The Morgan fingerprint density at radius 2 is 1.90 bits per heavy atom. The summed E-state index contributed by atoms with van der Waals surface area (Å²) >= 11 is 3.40. The second kappa shape index (κ2) is 12.0. The highest BCUT2D eigenvalue weighted by Crippen LogP contribution is 2.23. The van der Waals surface area contributed by atoms with Crippen LogP contribution >= 0.6 is 15.9 Å². The van der Waals surface area contributed by atoms with Crippen molar-refractivity contribution in [2.75, 3.05) is 57.0 Å². The molecule has 12 heteroatoms.